The first kappa shape index (κ1) is 13.3. The first-order valence-electron chi connectivity index (χ1n) is 6.12. The highest BCUT2D eigenvalue weighted by molar-refractivity contribution is 6.30. The van der Waals surface area contributed by atoms with Crippen molar-refractivity contribution in [3.05, 3.63) is 34.9 Å². The van der Waals surface area contributed by atoms with E-state index in [1.165, 1.54) is 0 Å². The van der Waals surface area contributed by atoms with Gasteiger partial charge in [0.2, 0.25) is 0 Å². The topological polar surface area (TPSA) is 50.4 Å². The average Bonchev–Trinajstić information content (AvgIpc) is 2.40. The van der Waals surface area contributed by atoms with Crippen LogP contribution in [0.5, 0.6) is 0 Å². The summed E-state index contributed by atoms with van der Waals surface area (Å²) in [6.07, 6.45) is 1.02. The van der Waals surface area contributed by atoms with Crippen molar-refractivity contribution in [1.29, 1.82) is 0 Å². The summed E-state index contributed by atoms with van der Waals surface area (Å²) in [5, 5.41) is 6.77. The molecule has 1 saturated heterocycles. The Hall–Kier alpha value is -1.10. The van der Waals surface area contributed by atoms with Crippen molar-refractivity contribution in [2.24, 2.45) is 0 Å². The van der Waals surface area contributed by atoms with E-state index in [-0.39, 0.29) is 12.0 Å². The number of carbonyl (C=O) groups is 1. The van der Waals surface area contributed by atoms with E-state index in [9.17, 15) is 4.79 Å². The van der Waals surface area contributed by atoms with Crippen LogP contribution in [0.3, 0.4) is 0 Å². The highest BCUT2D eigenvalue weighted by atomic mass is 35.5. The Balaban J connectivity index is 1.72. The van der Waals surface area contributed by atoms with Crippen molar-refractivity contribution in [1.82, 2.24) is 10.6 Å². The van der Waals surface area contributed by atoms with Gasteiger partial charge in [0.05, 0.1) is 12.7 Å². The third-order valence-corrected chi connectivity index (χ3v) is 3.11. The molecule has 1 aromatic carbocycles. The van der Waals surface area contributed by atoms with Gasteiger partial charge in [0.1, 0.15) is 0 Å². The van der Waals surface area contributed by atoms with Gasteiger partial charge in [-0.2, -0.15) is 0 Å². The second-order valence-electron chi connectivity index (χ2n) is 4.25. The van der Waals surface area contributed by atoms with Crippen LogP contribution in [0.4, 0.5) is 0 Å². The Morgan fingerprint density at radius 3 is 2.89 bits per heavy atom. The van der Waals surface area contributed by atoms with Gasteiger partial charge in [0, 0.05) is 30.2 Å². The van der Waals surface area contributed by atoms with Crippen LogP contribution in [0.1, 0.15) is 16.8 Å². The molecule has 1 amide bonds. The molecule has 1 unspecified atom stereocenters. The number of hydrogen-bond donors (Lipinski definition) is 2. The molecule has 98 valence electrons. The number of nitrogens with one attached hydrogen (secondary N) is 2. The van der Waals surface area contributed by atoms with Crippen LogP contribution in [0, 0.1) is 0 Å². The molecule has 0 radical (unpaired) electrons. The number of carbonyl (C=O) groups excluding carboxylic acids is 1. The number of ether oxygens (including phenoxy) is 1. The molecule has 1 fully saturated rings. The van der Waals surface area contributed by atoms with E-state index >= 15 is 0 Å². The lowest BCUT2D eigenvalue weighted by atomic mass is 10.2. The molecular weight excluding hydrogens is 252 g/mol. The number of morpholine rings is 1. The van der Waals surface area contributed by atoms with Crippen molar-refractivity contribution in [3.63, 3.8) is 0 Å². The molecular formula is C13H17ClN2O2. The molecule has 0 spiro atoms. The predicted octanol–water partition coefficient (Wildman–Crippen LogP) is 1.45. The molecule has 1 aliphatic heterocycles. The molecule has 2 rings (SSSR count). The highest BCUT2D eigenvalue weighted by Gasteiger charge is 2.13. The summed E-state index contributed by atoms with van der Waals surface area (Å²) in [7, 11) is 0. The zero-order chi connectivity index (χ0) is 12.8. The molecule has 0 saturated carbocycles. The Kier molecular flexibility index (Phi) is 4.99. The quantitative estimate of drug-likeness (QED) is 0.869. The smallest absolute Gasteiger partial charge is 0.251 e. The Morgan fingerprint density at radius 2 is 2.22 bits per heavy atom. The van der Waals surface area contributed by atoms with Gasteiger partial charge in [-0.15, -0.1) is 0 Å². The molecule has 1 aliphatic rings. The van der Waals surface area contributed by atoms with Gasteiger partial charge in [-0.3, -0.25) is 4.79 Å². The predicted molar refractivity (Wildman–Crippen MR) is 71.0 cm³/mol. The van der Waals surface area contributed by atoms with E-state index in [0.717, 1.165) is 26.1 Å². The maximum atomic E-state index is 11.8. The summed E-state index contributed by atoms with van der Waals surface area (Å²) in [4.78, 5) is 11.8. The zero-order valence-electron chi connectivity index (χ0n) is 10.1. The minimum atomic E-state index is -0.0737. The SMILES string of the molecule is O=C(NCCC1CNCCO1)c1ccc(Cl)cc1. The first-order valence-corrected chi connectivity index (χ1v) is 6.49. The molecule has 1 heterocycles. The number of benzene rings is 1. The van der Waals surface area contributed by atoms with E-state index in [2.05, 4.69) is 10.6 Å². The summed E-state index contributed by atoms with van der Waals surface area (Å²) in [5.74, 6) is -0.0737. The highest BCUT2D eigenvalue weighted by Crippen LogP contribution is 2.09. The lowest BCUT2D eigenvalue weighted by molar-refractivity contribution is 0.0239. The molecule has 1 aromatic rings. The lowest BCUT2D eigenvalue weighted by Gasteiger charge is -2.23. The zero-order valence-corrected chi connectivity index (χ0v) is 10.9. The van der Waals surface area contributed by atoms with Crippen molar-refractivity contribution in [2.45, 2.75) is 12.5 Å². The van der Waals surface area contributed by atoms with Crippen LogP contribution in [-0.2, 0) is 4.74 Å². The van der Waals surface area contributed by atoms with Gasteiger partial charge in [0.25, 0.3) is 5.91 Å². The lowest BCUT2D eigenvalue weighted by Crippen LogP contribution is -2.40. The third kappa shape index (κ3) is 3.98. The monoisotopic (exact) mass is 268 g/mol. The van der Waals surface area contributed by atoms with Crippen molar-refractivity contribution >= 4 is 17.5 Å². The van der Waals surface area contributed by atoms with Crippen LogP contribution in [0.15, 0.2) is 24.3 Å². The van der Waals surface area contributed by atoms with Gasteiger partial charge in [-0.05, 0) is 30.7 Å². The molecule has 1 atom stereocenters. The molecule has 0 aliphatic carbocycles. The van der Waals surface area contributed by atoms with Crippen molar-refractivity contribution in [3.8, 4) is 0 Å². The van der Waals surface area contributed by atoms with E-state index in [1.807, 2.05) is 0 Å². The minimum Gasteiger partial charge on any atom is -0.376 e. The fraction of sp³-hybridized carbons (Fsp3) is 0.462. The van der Waals surface area contributed by atoms with Crippen LogP contribution in [0.25, 0.3) is 0 Å². The van der Waals surface area contributed by atoms with Crippen molar-refractivity contribution in [2.75, 3.05) is 26.2 Å². The van der Waals surface area contributed by atoms with Gasteiger partial charge in [0.15, 0.2) is 0 Å². The maximum absolute atomic E-state index is 11.8. The molecule has 0 aromatic heterocycles. The molecule has 0 bridgehead atoms. The van der Waals surface area contributed by atoms with Crippen LogP contribution < -0.4 is 10.6 Å². The first-order chi connectivity index (χ1) is 8.75. The fourth-order valence-electron chi connectivity index (χ4n) is 1.86. The van der Waals surface area contributed by atoms with E-state index < -0.39 is 0 Å². The van der Waals surface area contributed by atoms with Gasteiger partial charge in [-0.25, -0.2) is 0 Å². The van der Waals surface area contributed by atoms with Gasteiger partial charge in [-0.1, -0.05) is 11.6 Å². The standard InChI is InChI=1S/C13H17ClN2O2/c14-11-3-1-10(2-4-11)13(17)16-6-5-12-9-15-7-8-18-12/h1-4,12,15H,5-9H2,(H,16,17). The second-order valence-corrected chi connectivity index (χ2v) is 4.68. The van der Waals surface area contributed by atoms with Crippen LogP contribution in [0.2, 0.25) is 5.02 Å². The van der Waals surface area contributed by atoms with Crippen molar-refractivity contribution < 1.29 is 9.53 Å². The Labute approximate surface area is 112 Å². The molecule has 4 nitrogen and oxygen atoms in total. The summed E-state index contributed by atoms with van der Waals surface area (Å²) in [6, 6.07) is 6.86. The van der Waals surface area contributed by atoms with E-state index in [0.29, 0.717) is 17.1 Å². The second kappa shape index (κ2) is 6.73. The summed E-state index contributed by atoms with van der Waals surface area (Å²) in [5.41, 5.74) is 0.627. The Bertz CT molecular complexity index is 388. The number of halogens is 1. The largest absolute Gasteiger partial charge is 0.376 e. The molecule has 5 heteroatoms. The van der Waals surface area contributed by atoms with Gasteiger partial charge < -0.3 is 15.4 Å². The van der Waals surface area contributed by atoms with E-state index in [4.69, 9.17) is 16.3 Å². The number of hydrogen-bond acceptors (Lipinski definition) is 3. The number of amides is 1. The third-order valence-electron chi connectivity index (χ3n) is 2.86. The van der Waals surface area contributed by atoms with E-state index in [1.54, 1.807) is 24.3 Å². The fourth-order valence-corrected chi connectivity index (χ4v) is 1.98. The minimum absolute atomic E-state index is 0.0737. The summed E-state index contributed by atoms with van der Waals surface area (Å²) < 4.78 is 5.55. The molecule has 18 heavy (non-hydrogen) atoms. The normalized spacial score (nSPS) is 19.5. The number of rotatable bonds is 4. The van der Waals surface area contributed by atoms with Gasteiger partial charge >= 0.3 is 0 Å². The average molecular weight is 269 g/mol. The maximum Gasteiger partial charge on any atom is 0.251 e. The van der Waals surface area contributed by atoms with Crippen LogP contribution in [-0.4, -0.2) is 38.3 Å². The van der Waals surface area contributed by atoms with Crippen LogP contribution >= 0.6 is 11.6 Å². The summed E-state index contributed by atoms with van der Waals surface area (Å²) >= 11 is 5.77. The Morgan fingerprint density at radius 1 is 1.44 bits per heavy atom. The summed E-state index contributed by atoms with van der Waals surface area (Å²) in [6.45, 7) is 3.13. The molecule has 2 N–H and O–H groups in total.